The van der Waals surface area contributed by atoms with Crippen molar-refractivity contribution < 1.29 is 8.78 Å². The number of aromatic nitrogens is 1. The highest BCUT2D eigenvalue weighted by molar-refractivity contribution is 9.10. The molecule has 1 heterocycles. The Hall–Kier alpha value is -1.20. The lowest BCUT2D eigenvalue weighted by molar-refractivity contribution is 0.571. The first-order chi connectivity index (χ1) is 9.38. The van der Waals surface area contributed by atoms with Crippen LogP contribution >= 0.6 is 27.5 Å². The minimum atomic E-state index is -0.440. The lowest BCUT2D eigenvalue weighted by Crippen LogP contribution is -2.10. The summed E-state index contributed by atoms with van der Waals surface area (Å²) in [4.78, 5) is 3.97. The molecule has 2 nitrogen and oxygen atoms in total. The van der Waals surface area contributed by atoms with Gasteiger partial charge in [0.2, 0.25) is 0 Å². The Balaban J connectivity index is 2.25. The number of halogens is 4. The maximum absolute atomic E-state index is 13.9. The van der Waals surface area contributed by atoms with Gasteiger partial charge in [-0.3, -0.25) is 0 Å². The van der Waals surface area contributed by atoms with Crippen LogP contribution in [-0.2, 0) is 0 Å². The van der Waals surface area contributed by atoms with E-state index in [1.165, 1.54) is 25.3 Å². The molecule has 0 bridgehead atoms. The van der Waals surface area contributed by atoms with Crippen LogP contribution in [0.15, 0.2) is 28.9 Å². The Morgan fingerprint density at radius 2 is 1.95 bits per heavy atom. The van der Waals surface area contributed by atoms with Gasteiger partial charge in [0.1, 0.15) is 16.8 Å². The summed E-state index contributed by atoms with van der Waals surface area (Å²) < 4.78 is 28.0. The predicted octanol–water partition coefficient (Wildman–Crippen LogP) is 5.26. The van der Waals surface area contributed by atoms with Gasteiger partial charge < -0.3 is 5.32 Å². The molecule has 0 aliphatic heterocycles. The van der Waals surface area contributed by atoms with E-state index in [4.69, 9.17) is 11.6 Å². The molecule has 2 aromatic rings. The number of benzene rings is 1. The van der Waals surface area contributed by atoms with Gasteiger partial charge in [-0.1, -0.05) is 11.6 Å². The average Bonchev–Trinajstić information content (AvgIpc) is 2.38. The second-order valence-corrected chi connectivity index (χ2v) is 5.70. The fourth-order valence-corrected chi connectivity index (χ4v) is 2.27. The van der Waals surface area contributed by atoms with Crippen molar-refractivity contribution in [2.24, 2.45) is 0 Å². The minimum absolute atomic E-state index is 0.263. The van der Waals surface area contributed by atoms with E-state index >= 15 is 0 Å². The Kier molecular flexibility index (Phi) is 4.60. The van der Waals surface area contributed by atoms with Crippen LogP contribution in [0.1, 0.15) is 24.1 Å². The SMILES string of the molecule is Cc1cc(F)c(C(C)Nc2cnc(Cl)c(Br)c2)cc1F. The molecule has 1 N–H and O–H groups in total. The molecule has 20 heavy (non-hydrogen) atoms. The normalized spacial score (nSPS) is 12.3. The third-order valence-electron chi connectivity index (χ3n) is 2.92. The predicted molar refractivity (Wildman–Crippen MR) is 80.1 cm³/mol. The molecule has 106 valence electrons. The summed E-state index contributed by atoms with van der Waals surface area (Å²) in [5, 5.41) is 3.40. The third kappa shape index (κ3) is 3.27. The molecule has 0 saturated heterocycles. The number of pyridine rings is 1. The van der Waals surface area contributed by atoms with Gasteiger partial charge >= 0.3 is 0 Å². The van der Waals surface area contributed by atoms with E-state index in [2.05, 4.69) is 26.2 Å². The molecule has 0 spiro atoms. The molecule has 1 aromatic carbocycles. The van der Waals surface area contributed by atoms with Crippen molar-refractivity contribution in [3.63, 3.8) is 0 Å². The number of aryl methyl sites for hydroxylation is 1. The van der Waals surface area contributed by atoms with Crippen LogP contribution in [0.25, 0.3) is 0 Å². The number of nitrogens with one attached hydrogen (secondary N) is 1. The van der Waals surface area contributed by atoms with Gasteiger partial charge in [-0.2, -0.15) is 0 Å². The van der Waals surface area contributed by atoms with E-state index in [-0.39, 0.29) is 11.1 Å². The molecular formula is C14H12BrClF2N2. The van der Waals surface area contributed by atoms with E-state index < -0.39 is 17.7 Å². The molecule has 0 saturated carbocycles. The summed E-state index contributed by atoms with van der Waals surface area (Å²) in [7, 11) is 0. The van der Waals surface area contributed by atoms with Crippen LogP contribution in [-0.4, -0.2) is 4.98 Å². The molecule has 1 unspecified atom stereocenters. The van der Waals surface area contributed by atoms with Crippen LogP contribution in [0.3, 0.4) is 0 Å². The van der Waals surface area contributed by atoms with Crippen molar-refractivity contribution in [3.8, 4) is 0 Å². The zero-order valence-corrected chi connectivity index (χ0v) is 13.2. The molecule has 0 amide bonds. The maximum Gasteiger partial charge on any atom is 0.143 e. The standard InChI is InChI=1S/C14H12BrClF2N2/c1-7-3-13(18)10(5-12(7)17)8(2)20-9-4-11(15)14(16)19-6-9/h3-6,8,20H,1-2H3. The lowest BCUT2D eigenvalue weighted by atomic mass is 10.0. The number of hydrogen-bond donors (Lipinski definition) is 1. The third-order valence-corrected chi connectivity index (χ3v) is 4.06. The second-order valence-electron chi connectivity index (χ2n) is 4.49. The summed E-state index contributed by atoms with van der Waals surface area (Å²) in [5.41, 5.74) is 1.21. The van der Waals surface area contributed by atoms with Crippen molar-refractivity contribution in [1.82, 2.24) is 4.98 Å². The smallest absolute Gasteiger partial charge is 0.143 e. The first-order valence-electron chi connectivity index (χ1n) is 5.91. The van der Waals surface area contributed by atoms with Gasteiger partial charge in [-0.05, 0) is 53.5 Å². The van der Waals surface area contributed by atoms with Crippen LogP contribution in [0.4, 0.5) is 14.5 Å². The molecule has 2 rings (SSSR count). The van der Waals surface area contributed by atoms with Gasteiger partial charge in [0.05, 0.1) is 22.4 Å². The molecule has 0 radical (unpaired) electrons. The van der Waals surface area contributed by atoms with Gasteiger partial charge in [0.25, 0.3) is 0 Å². The van der Waals surface area contributed by atoms with Gasteiger partial charge in [0, 0.05) is 5.56 Å². The second kappa shape index (κ2) is 6.06. The molecule has 6 heteroatoms. The summed E-state index contributed by atoms with van der Waals surface area (Å²) in [5.74, 6) is -0.865. The van der Waals surface area contributed by atoms with E-state index in [1.54, 1.807) is 13.0 Å². The van der Waals surface area contributed by atoms with E-state index in [0.29, 0.717) is 15.3 Å². The zero-order valence-electron chi connectivity index (χ0n) is 10.8. The molecule has 1 aromatic heterocycles. The maximum atomic E-state index is 13.9. The fourth-order valence-electron chi connectivity index (χ4n) is 1.82. The van der Waals surface area contributed by atoms with Crippen molar-refractivity contribution in [1.29, 1.82) is 0 Å². The largest absolute Gasteiger partial charge is 0.377 e. The van der Waals surface area contributed by atoms with E-state index in [0.717, 1.165) is 0 Å². The van der Waals surface area contributed by atoms with Crippen LogP contribution in [0, 0.1) is 18.6 Å². The monoisotopic (exact) mass is 360 g/mol. The summed E-state index contributed by atoms with van der Waals surface area (Å²) in [6.45, 7) is 3.27. The zero-order chi connectivity index (χ0) is 14.9. The Bertz CT molecular complexity index is 649. The van der Waals surface area contributed by atoms with Crippen molar-refractivity contribution >= 4 is 33.2 Å². The van der Waals surface area contributed by atoms with E-state index in [9.17, 15) is 8.78 Å². The van der Waals surface area contributed by atoms with Gasteiger partial charge in [0.15, 0.2) is 0 Å². The number of hydrogen-bond acceptors (Lipinski definition) is 2. The number of nitrogens with zero attached hydrogens (tertiary/aromatic N) is 1. The average molecular weight is 362 g/mol. The molecule has 0 aliphatic rings. The van der Waals surface area contributed by atoms with Crippen molar-refractivity contribution in [3.05, 3.63) is 56.8 Å². The first-order valence-corrected chi connectivity index (χ1v) is 7.08. The summed E-state index contributed by atoms with van der Waals surface area (Å²) in [6.07, 6.45) is 1.53. The molecule has 1 atom stereocenters. The van der Waals surface area contributed by atoms with Crippen LogP contribution in [0.5, 0.6) is 0 Å². The number of rotatable bonds is 3. The Labute approximate surface area is 129 Å². The van der Waals surface area contributed by atoms with Crippen molar-refractivity contribution in [2.45, 2.75) is 19.9 Å². The van der Waals surface area contributed by atoms with Crippen LogP contribution in [0.2, 0.25) is 5.15 Å². The topological polar surface area (TPSA) is 24.9 Å². The van der Waals surface area contributed by atoms with Gasteiger partial charge in [-0.25, -0.2) is 13.8 Å². The first kappa shape index (κ1) is 15.2. The molecule has 0 fully saturated rings. The molecular weight excluding hydrogens is 350 g/mol. The van der Waals surface area contributed by atoms with Crippen molar-refractivity contribution in [2.75, 3.05) is 5.32 Å². The lowest BCUT2D eigenvalue weighted by Gasteiger charge is -2.17. The van der Waals surface area contributed by atoms with Crippen LogP contribution < -0.4 is 5.32 Å². The molecule has 0 aliphatic carbocycles. The Morgan fingerprint density at radius 3 is 2.60 bits per heavy atom. The summed E-state index contributed by atoms with van der Waals surface area (Å²) in [6, 6.07) is 3.73. The fraction of sp³-hybridized carbons (Fsp3) is 0.214. The van der Waals surface area contributed by atoms with Gasteiger partial charge in [-0.15, -0.1) is 0 Å². The highest BCUT2D eigenvalue weighted by Gasteiger charge is 2.14. The number of anilines is 1. The summed E-state index contributed by atoms with van der Waals surface area (Å²) >= 11 is 9.06. The Morgan fingerprint density at radius 1 is 1.25 bits per heavy atom. The highest BCUT2D eigenvalue weighted by atomic mass is 79.9. The van der Waals surface area contributed by atoms with E-state index in [1.807, 2.05) is 0 Å². The highest BCUT2D eigenvalue weighted by Crippen LogP contribution is 2.27. The quantitative estimate of drug-likeness (QED) is 0.755. The minimum Gasteiger partial charge on any atom is -0.377 e.